The molecule has 0 atom stereocenters. The summed E-state index contributed by atoms with van der Waals surface area (Å²) in [6.07, 6.45) is 6.41. The molecule has 0 unspecified atom stereocenters. The summed E-state index contributed by atoms with van der Waals surface area (Å²) in [5.41, 5.74) is 5.62. The summed E-state index contributed by atoms with van der Waals surface area (Å²) in [5.74, 6) is -0.186. The number of anilines is 3. The molecule has 8 heteroatoms. The van der Waals surface area contributed by atoms with Crippen LogP contribution < -0.4 is 15.2 Å². The van der Waals surface area contributed by atoms with Crippen molar-refractivity contribution in [2.24, 2.45) is 7.05 Å². The largest absolute Gasteiger partial charge is 0.355 e. The van der Waals surface area contributed by atoms with E-state index in [2.05, 4.69) is 27.8 Å². The summed E-state index contributed by atoms with van der Waals surface area (Å²) in [6, 6.07) is 25.4. The molecule has 0 bridgehead atoms. The van der Waals surface area contributed by atoms with Gasteiger partial charge in [0.05, 0.1) is 10.4 Å². The number of aryl methyl sites for hydroxylation is 1. The Bertz CT molecular complexity index is 1600. The van der Waals surface area contributed by atoms with Gasteiger partial charge in [-0.15, -0.1) is 0 Å². The zero-order valence-electron chi connectivity index (χ0n) is 20.1. The van der Waals surface area contributed by atoms with Crippen molar-refractivity contribution in [1.82, 2.24) is 4.98 Å². The van der Waals surface area contributed by atoms with Crippen molar-refractivity contribution in [3.05, 3.63) is 130 Å². The maximum atomic E-state index is 12.9. The maximum absolute atomic E-state index is 12.9. The third-order valence-electron chi connectivity index (χ3n) is 6.00. The van der Waals surface area contributed by atoms with Crippen LogP contribution in [-0.4, -0.2) is 15.8 Å². The standard InChI is InChI=1S/C29H23N5O3/c1-33-15-12-20(13-16-33)17-21-3-2-4-22(18-21)29(35)32-24-7-5-23(6-8-24)31-28-11-14-30-27-10-9-25(34(36)37)19-26(27)28/h2-16,18-19H,17H2,1H3,(H-,30,31,32,35)/p+1. The molecule has 182 valence electrons. The van der Waals surface area contributed by atoms with Crippen molar-refractivity contribution in [3.63, 3.8) is 0 Å². The number of rotatable bonds is 7. The van der Waals surface area contributed by atoms with E-state index in [-0.39, 0.29) is 11.6 Å². The number of nitrogens with zero attached hydrogens (tertiary/aromatic N) is 3. The Morgan fingerprint density at radius 1 is 0.919 bits per heavy atom. The number of carbonyl (C=O) groups is 1. The Labute approximate surface area is 213 Å². The SMILES string of the molecule is C[n+]1ccc(Cc2cccc(C(=O)Nc3ccc(Nc4ccnc5ccc([N+](=O)[O-])cc45)cc3)c2)cc1. The van der Waals surface area contributed by atoms with Crippen LogP contribution in [-0.2, 0) is 13.5 Å². The second-order valence-corrected chi connectivity index (χ2v) is 8.72. The van der Waals surface area contributed by atoms with Gasteiger partial charge in [0.25, 0.3) is 11.6 Å². The third kappa shape index (κ3) is 5.59. The number of hydrogen-bond acceptors (Lipinski definition) is 5. The number of fused-ring (bicyclic) bond motifs is 1. The number of nitro benzene ring substituents is 1. The fraction of sp³-hybridized carbons (Fsp3) is 0.0690. The van der Waals surface area contributed by atoms with E-state index in [0.29, 0.717) is 27.8 Å². The lowest BCUT2D eigenvalue weighted by atomic mass is 10.0. The van der Waals surface area contributed by atoms with Gasteiger partial charge in [0.2, 0.25) is 0 Å². The van der Waals surface area contributed by atoms with Gasteiger partial charge < -0.3 is 10.6 Å². The molecule has 3 aromatic carbocycles. The second kappa shape index (κ2) is 10.2. The number of benzene rings is 3. The van der Waals surface area contributed by atoms with Gasteiger partial charge in [-0.3, -0.25) is 19.9 Å². The molecule has 0 fully saturated rings. The fourth-order valence-corrected chi connectivity index (χ4v) is 4.06. The zero-order chi connectivity index (χ0) is 25.8. The zero-order valence-corrected chi connectivity index (χ0v) is 20.1. The average molecular weight is 491 g/mol. The van der Waals surface area contributed by atoms with Crippen molar-refractivity contribution < 1.29 is 14.3 Å². The minimum atomic E-state index is -0.426. The van der Waals surface area contributed by atoms with Gasteiger partial charge in [0.15, 0.2) is 12.4 Å². The van der Waals surface area contributed by atoms with E-state index < -0.39 is 4.92 Å². The second-order valence-electron chi connectivity index (χ2n) is 8.72. The predicted octanol–water partition coefficient (Wildman–Crippen LogP) is 5.55. The molecule has 0 saturated heterocycles. The van der Waals surface area contributed by atoms with E-state index in [1.54, 1.807) is 36.5 Å². The highest BCUT2D eigenvalue weighted by molar-refractivity contribution is 6.04. The van der Waals surface area contributed by atoms with Crippen LogP contribution in [0.5, 0.6) is 0 Å². The number of non-ortho nitro benzene ring substituents is 1. The number of nitro groups is 1. The number of nitrogens with one attached hydrogen (secondary N) is 2. The summed E-state index contributed by atoms with van der Waals surface area (Å²) >= 11 is 0. The lowest BCUT2D eigenvalue weighted by Gasteiger charge is -2.11. The van der Waals surface area contributed by atoms with Gasteiger partial charge in [0.1, 0.15) is 7.05 Å². The topological polar surface area (TPSA) is 101 Å². The van der Waals surface area contributed by atoms with E-state index in [0.717, 1.165) is 17.7 Å². The monoisotopic (exact) mass is 490 g/mol. The molecular weight excluding hydrogens is 466 g/mol. The number of amides is 1. The molecule has 0 aliphatic rings. The van der Waals surface area contributed by atoms with Crippen LogP contribution >= 0.6 is 0 Å². The quantitative estimate of drug-likeness (QED) is 0.177. The summed E-state index contributed by atoms with van der Waals surface area (Å²) in [7, 11) is 1.98. The van der Waals surface area contributed by atoms with Crippen LogP contribution in [0, 0.1) is 10.1 Å². The van der Waals surface area contributed by atoms with Crippen LogP contribution in [0.15, 0.2) is 104 Å². The van der Waals surface area contributed by atoms with Gasteiger partial charge in [-0.1, -0.05) is 12.1 Å². The average Bonchev–Trinajstić information content (AvgIpc) is 2.91. The molecule has 37 heavy (non-hydrogen) atoms. The molecule has 5 aromatic rings. The molecule has 0 radical (unpaired) electrons. The Morgan fingerprint density at radius 3 is 2.43 bits per heavy atom. The van der Waals surface area contributed by atoms with Crippen molar-refractivity contribution in [1.29, 1.82) is 0 Å². The highest BCUT2D eigenvalue weighted by Gasteiger charge is 2.11. The lowest BCUT2D eigenvalue weighted by molar-refractivity contribution is -0.671. The first-order chi connectivity index (χ1) is 17.9. The number of hydrogen-bond donors (Lipinski definition) is 2. The maximum Gasteiger partial charge on any atom is 0.270 e. The van der Waals surface area contributed by atoms with Gasteiger partial charge in [-0.2, -0.15) is 0 Å². The van der Waals surface area contributed by atoms with Gasteiger partial charge in [-0.25, -0.2) is 4.57 Å². The number of pyridine rings is 2. The van der Waals surface area contributed by atoms with Crippen molar-refractivity contribution in [2.45, 2.75) is 6.42 Å². The molecule has 2 N–H and O–H groups in total. The van der Waals surface area contributed by atoms with Gasteiger partial charge in [-0.05, 0) is 66.1 Å². The molecule has 0 aliphatic heterocycles. The van der Waals surface area contributed by atoms with E-state index in [9.17, 15) is 14.9 Å². The van der Waals surface area contributed by atoms with E-state index in [1.807, 2.05) is 54.3 Å². The molecule has 0 spiro atoms. The summed E-state index contributed by atoms with van der Waals surface area (Å²) in [5, 5.41) is 18.1. The van der Waals surface area contributed by atoms with Crippen LogP contribution in [0.4, 0.5) is 22.7 Å². The minimum absolute atomic E-state index is 0.00329. The van der Waals surface area contributed by atoms with Crippen molar-refractivity contribution in [3.8, 4) is 0 Å². The summed E-state index contributed by atoms with van der Waals surface area (Å²) in [4.78, 5) is 27.9. The van der Waals surface area contributed by atoms with E-state index in [4.69, 9.17) is 0 Å². The fourth-order valence-electron chi connectivity index (χ4n) is 4.06. The number of carbonyl (C=O) groups excluding carboxylic acids is 1. The molecule has 0 saturated carbocycles. The molecule has 8 nitrogen and oxygen atoms in total. The van der Waals surface area contributed by atoms with Crippen molar-refractivity contribution in [2.75, 3.05) is 10.6 Å². The van der Waals surface area contributed by atoms with Crippen LogP contribution in [0.1, 0.15) is 21.5 Å². The molecule has 2 aromatic heterocycles. The summed E-state index contributed by atoms with van der Waals surface area (Å²) in [6.45, 7) is 0. The Kier molecular flexibility index (Phi) is 6.54. The molecular formula is C29H24N5O3+. The first-order valence-corrected chi connectivity index (χ1v) is 11.7. The van der Waals surface area contributed by atoms with Crippen LogP contribution in [0.3, 0.4) is 0 Å². The predicted molar refractivity (Wildman–Crippen MR) is 143 cm³/mol. The van der Waals surface area contributed by atoms with Gasteiger partial charge >= 0.3 is 0 Å². The summed E-state index contributed by atoms with van der Waals surface area (Å²) < 4.78 is 1.99. The van der Waals surface area contributed by atoms with E-state index in [1.165, 1.54) is 17.7 Å². The smallest absolute Gasteiger partial charge is 0.270 e. The van der Waals surface area contributed by atoms with Crippen molar-refractivity contribution >= 4 is 39.6 Å². The van der Waals surface area contributed by atoms with Crippen LogP contribution in [0.25, 0.3) is 10.9 Å². The highest BCUT2D eigenvalue weighted by atomic mass is 16.6. The Hall–Kier alpha value is -5.11. The van der Waals surface area contributed by atoms with Crippen LogP contribution in [0.2, 0.25) is 0 Å². The normalized spacial score (nSPS) is 10.7. The van der Waals surface area contributed by atoms with Gasteiger partial charge in [0, 0.05) is 58.5 Å². The molecule has 1 amide bonds. The molecule has 0 aliphatic carbocycles. The third-order valence-corrected chi connectivity index (χ3v) is 6.00. The molecule has 2 heterocycles. The Morgan fingerprint density at radius 2 is 1.68 bits per heavy atom. The number of aromatic nitrogens is 2. The highest BCUT2D eigenvalue weighted by Crippen LogP contribution is 2.29. The lowest BCUT2D eigenvalue weighted by Crippen LogP contribution is -2.25. The minimum Gasteiger partial charge on any atom is -0.355 e. The van der Waals surface area contributed by atoms with E-state index >= 15 is 0 Å². The Balaban J connectivity index is 1.27. The molecule has 5 rings (SSSR count). The first-order valence-electron chi connectivity index (χ1n) is 11.7. The first kappa shape index (κ1) is 23.6.